The number of carbonyl (C=O) groups excluding carboxylic acids is 2. The maximum Gasteiger partial charge on any atom is 0.323 e. The quantitative estimate of drug-likeness (QED) is 0.802. The van der Waals surface area contributed by atoms with Crippen molar-refractivity contribution < 1.29 is 14.3 Å². The maximum absolute atomic E-state index is 12.6. The number of amides is 2. The lowest BCUT2D eigenvalue weighted by atomic mass is 9.73. The molecule has 1 heterocycles. The molecule has 140 valence electrons. The summed E-state index contributed by atoms with van der Waals surface area (Å²) in [4.78, 5) is 24.5. The van der Waals surface area contributed by atoms with Crippen molar-refractivity contribution in [2.75, 3.05) is 6.61 Å². The van der Waals surface area contributed by atoms with Gasteiger partial charge in [-0.25, -0.2) is 4.79 Å². The minimum atomic E-state index is -0.765. The maximum atomic E-state index is 12.6. The summed E-state index contributed by atoms with van der Waals surface area (Å²) < 4.78 is 7.16. The van der Waals surface area contributed by atoms with Gasteiger partial charge in [0.1, 0.15) is 5.75 Å². The third kappa shape index (κ3) is 3.16. The molecule has 0 saturated heterocycles. The highest BCUT2D eigenvalue weighted by atomic mass is 16.5. The molecular weight excluding hydrogens is 330 g/mol. The number of ether oxygens (including phenoxy) is 1. The smallest absolute Gasteiger partial charge is 0.323 e. The van der Waals surface area contributed by atoms with Crippen LogP contribution in [0.15, 0.2) is 24.4 Å². The molecule has 0 bridgehead atoms. The average Bonchev–Trinajstić information content (AvgIpc) is 2.82. The molecule has 1 aliphatic carbocycles. The van der Waals surface area contributed by atoms with Crippen molar-refractivity contribution >= 4 is 22.8 Å². The minimum Gasteiger partial charge on any atom is -0.494 e. The lowest BCUT2D eigenvalue weighted by molar-refractivity contribution is -0.124. The normalized spacial score (nSPS) is 17.0. The summed E-state index contributed by atoms with van der Waals surface area (Å²) in [6.07, 6.45) is 8.06. The molecule has 1 aromatic carbocycles. The van der Waals surface area contributed by atoms with Gasteiger partial charge in [-0.3, -0.25) is 9.36 Å². The standard InChI is InChI=1S/C20H27N3O3/c1-2-11-26-14-7-8-17-15(12-14)16(13-23(17)19(22)25)20(18(21)24)9-5-3-4-6-10-20/h7-8,12-13H,2-6,9-11H2,1H3,(H2,21,24)(H2,22,25). The van der Waals surface area contributed by atoms with Crippen LogP contribution in [0, 0.1) is 0 Å². The van der Waals surface area contributed by atoms with Gasteiger partial charge in [0, 0.05) is 11.6 Å². The molecule has 26 heavy (non-hydrogen) atoms. The summed E-state index contributed by atoms with van der Waals surface area (Å²) in [7, 11) is 0. The van der Waals surface area contributed by atoms with E-state index < -0.39 is 11.4 Å². The molecule has 1 fully saturated rings. The average molecular weight is 357 g/mol. The second kappa shape index (κ2) is 7.40. The zero-order valence-corrected chi connectivity index (χ0v) is 15.3. The molecule has 0 spiro atoms. The third-order valence-corrected chi connectivity index (χ3v) is 5.43. The summed E-state index contributed by atoms with van der Waals surface area (Å²) in [5, 5.41) is 0.818. The number of nitrogens with two attached hydrogens (primary N) is 2. The summed E-state index contributed by atoms with van der Waals surface area (Å²) in [5.74, 6) is 0.388. The van der Waals surface area contributed by atoms with Gasteiger partial charge in [0.15, 0.2) is 0 Å². The second-order valence-corrected chi connectivity index (χ2v) is 7.14. The molecule has 6 heteroatoms. The van der Waals surface area contributed by atoms with Gasteiger partial charge in [-0.1, -0.05) is 32.6 Å². The van der Waals surface area contributed by atoms with E-state index in [-0.39, 0.29) is 5.91 Å². The Hall–Kier alpha value is -2.50. The number of rotatable bonds is 5. The Kier molecular flexibility index (Phi) is 5.20. The molecular formula is C20H27N3O3. The third-order valence-electron chi connectivity index (χ3n) is 5.43. The molecule has 0 unspecified atom stereocenters. The van der Waals surface area contributed by atoms with Crippen LogP contribution < -0.4 is 16.2 Å². The van der Waals surface area contributed by atoms with Crippen LogP contribution in [0.5, 0.6) is 5.75 Å². The van der Waals surface area contributed by atoms with Gasteiger partial charge in [0.25, 0.3) is 0 Å². The highest BCUT2D eigenvalue weighted by Gasteiger charge is 2.41. The van der Waals surface area contributed by atoms with Crippen LogP contribution in [0.25, 0.3) is 10.9 Å². The van der Waals surface area contributed by atoms with Crippen molar-refractivity contribution in [2.45, 2.75) is 57.3 Å². The van der Waals surface area contributed by atoms with E-state index in [1.807, 2.05) is 25.1 Å². The summed E-state index contributed by atoms with van der Waals surface area (Å²) in [6, 6.07) is 4.97. The van der Waals surface area contributed by atoms with Crippen LogP contribution in [0.3, 0.4) is 0 Å². The predicted molar refractivity (Wildman–Crippen MR) is 101 cm³/mol. The van der Waals surface area contributed by atoms with Gasteiger partial charge in [0.2, 0.25) is 5.91 Å². The molecule has 0 atom stereocenters. The summed E-state index contributed by atoms with van der Waals surface area (Å²) in [5.41, 5.74) is 12.2. The SMILES string of the molecule is CCCOc1ccc2c(c1)c(C1(C(N)=O)CCCCCC1)cn2C(N)=O. The van der Waals surface area contributed by atoms with Gasteiger partial charge in [0.05, 0.1) is 17.5 Å². The molecule has 1 aliphatic rings. The Bertz CT molecular complexity index is 817. The molecule has 2 aromatic rings. The van der Waals surface area contributed by atoms with Crippen molar-refractivity contribution in [1.82, 2.24) is 4.57 Å². The Morgan fingerprint density at radius 2 is 1.85 bits per heavy atom. The number of aromatic nitrogens is 1. The Balaban J connectivity index is 2.21. The van der Waals surface area contributed by atoms with Crippen molar-refractivity contribution in [2.24, 2.45) is 11.5 Å². The molecule has 4 N–H and O–H groups in total. The highest BCUT2D eigenvalue weighted by Crippen LogP contribution is 2.42. The molecule has 3 rings (SSSR count). The van der Waals surface area contributed by atoms with Crippen molar-refractivity contribution in [3.05, 3.63) is 30.0 Å². The van der Waals surface area contributed by atoms with E-state index in [4.69, 9.17) is 16.2 Å². The number of hydrogen-bond acceptors (Lipinski definition) is 3. The van der Waals surface area contributed by atoms with E-state index in [0.29, 0.717) is 25.0 Å². The molecule has 0 radical (unpaired) electrons. The first-order chi connectivity index (χ1) is 12.5. The number of hydrogen-bond donors (Lipinski definition) is 2. The predicted octanol–water partition coefficient (Wildman–Crippen LogP) is 3.43. The minimum absolute atomic E-state index is 0.331. The van der Waals surface area contributed by atoms with Crippen LogP contribution in [-0.2, 0) is 10.2 Å². The molecule has 0 aliphatic heterocycles. The van der Waals surface area contributed by atoms with E-state index in [1.165, 1.54) is 4.57 Å². The Morgan fingerprint density at radius 1 is 1.15 bits per heavy atom. The Morgan fingerprint density at radius 3 is 2.42 bits per heavy atom. The number of benzene rings is 1. The number of carbonyl (C=O) groups is 2. The van der Waals surface area contributed by atoms with Crippen LogP contribution in [0.4, 0.5) is 4.79 Å². The Labute approximate surface area is 153 Å². The molecule has 2 amide bonds. The number of nitrogens with zero attached hydrogens (tertiary/aromatic N) is 1. The topological polar surface area (TPSA) is 100 Å². The first-order valence-electron chi connectivity index (χ1n) is 9.37. The zero-order valence-electron chi connectivity index (χ0n) is 15.3. The molecule has 1 aromatic heterocycles. The number of primary amides is 2. The zero-order chi connectivity index (χ0) is 18.7. The summed E-state index contributed by atoms with van der Waals surface area (Å²) in [6.45, 7) is 2.65. The van der Waals surface area contributed by atoms with Crippen molar-refractivity contribution in [1.29, 1.82) is 0 Å². The number of fused-ring (bicyclic) bond motifs is 1. The van der Waals surface area contributed by atoms with E-state index in [1.54, 1.807) is 6.20 Å². The fourth-order valence-electron chi connectivity index (χ4n) is 4.06. The van der Waals surface area contributed by atoms with Crippen molar-refractivity contribution in [3.63, 3.8) is 0 Å². The van der Waals surface area contributed by atoms with E-state index in [0.717, 1.165) is 48.8 Å². The lowest BCUT2D eigenvalue weighted by Crippen LogP contribution is -2.40. The van der Waals surface area contributed by atoms with Crippen LogP contribution in [-0.4, -0.2) is 23.1 Å². The fourth-order valence-corrected chi connectivity index (χ4v) is 4.06. The second-order valence-electron chi connectivity index (χ2n) is 7.14. The van der Waals surface area contributed by atoms with Crippen molar-refractivity contribution in [3.8, 4) is 5.75 Å². The van der Waals surface area contributed by atoms with E-state index in [9.17, 15) is 9.59 Å². The largest absolute Gasteiger partial charge is 0.494 e. The van der Waals surface area contributed by atoms with Gasteiger partial charge in [-0.2, -0.15) is 0 Å². The first kappa shape index (κ1) is 18.3. The van der Waals surface area contributed by atoms with Crippen LogP contribution >= 0.6 is 0 Å². The summed E-state index contributed by atoms with van der Waals surface area (Å²) >= 11 is 0. The van der Waals surface area contributed by atoms with E-state index >= 15 is 0 Å². The van der Waals surface area contributed by atoms with E-state index in [2.05, 4.69) is 0 Å². The molecule has 1 saturated carbocycles. The highest BCUT2D eigenvalue weighted by molar-refractivity contribution is 5.99. The van der Waals surface area contributed by atoms with Gasteiger partial charge in [-0.05, 0) is 43.0 Å². The van der Waals surface area contributed by atoms with Crippen LogP contribution in [0.1, 0.15) is 57.4 Å². The molecule has 6 nitrogen and oxygen atoms in total. The monoisotopic (exact) mass is 357 g/mol. The lowest BCUT2D eigenvalue weighted by Gasteiger charge is -2.29. The van der Waals surface area contributed by atoms with Gasteiger partial charge < -0.3 is 16.2 Å². The van der Waals surface area contributed by atoms with Crippen LogP contribution in [0.2, 0.25) is 0 Å². The van der Waals surface area contributed by atoms with Gasteiger partial charge >= 0.3 is 6.03 Å². The van der Waals surface area contributed by atoms with Gasteiger partial charge in [-0.15, -0.1) is 0 Å². The first-order valence-corrected chi connectivity index (χ1v) is 9.37. The fraction of sp³-hybridized carbons (Fsp3) is 0.500.